The highest BCUT2D eigenvalue weighted by molar-refractivity contribution is 7.12. The van der Waals surface area contributed by atoms with Crippen LogP contribution in [0.15, 0.2) is 60.2 Å². The van der Waals surface area contributed by atoms with Crippen molar-refractivity contribution in [1.82, 2.24) is 10.3 Å². The van der Waals surface area contributed by atoms with Crippen LogP contribution in [0.5, 0.6) is 0 Å². The molecule has 0 aliphatic carbocycles. The summed E-state index contributed by atoms with van der Waals surface area (Å²) in [7, 11) is 0. The number of hydrogen-bond donors (Lipinski definition) is 2. The molecule has 0 unspecified atom stereocenters. The molecule has 2 aliphatic rings. The number of anilines is 3. The normalized spacial score (nSPS) is 15.8. The minimum Gasteiger partial charge on any atom is -0.371 e. The quantitative estimate of drug-likeness (QED) is 0.518. The second-order valence-corrected chi connectivity index (χ2v) is 10.1. The predicted octanol–water partition coefficient (Wildman–Crippen LogP) is 3.71. The van der Waals surface area contributed by atoms with Gasteiger partial charge < -0.3 is 20.4 Å². The van der Waals surface area contributed by atoms with Crippen molar-refractivity contribution in [3.8, 4) is 0 Å². The van der Waals surface area contributed by atoms with Gasteiger partial charge in [-0.25, -0.2) is 0 Å². The summed E-state index contributed by atoms with van der Waals surface area (Å²) >= 11 is 1.43. The first-order valence-electron chi connectivity index (χ1n) is 12.3. The number of pyridine rings is 1. The SMILES string of the molecule is O=C(NCC1CCN(c2ccncc2)CC1)C(=O)Nc1ccc2c(c1)CCCN2C(=O)c1cccs1. The van der Waals surface area contributed by atoms with Crippen molar-refractivity contribution >= 4 is 46.1 Å². The van der Waals surface area contributed by atoms with Gasteiger partial charge in [0.1, 0.15) is 0 Å². The number of aromatic nitrogens is 1. The van der Waals surface area contributed by atoms with Gasteiger partial charge in [-0.15, -0.1) is 11.3 Å². The maximum absolute atomic E-state index is 12.9. The molecule has 36 heavy (non-hydrogen) atoms. The van der Waals surface area contributed by atoms with E-state index >= 15 is 0 Å². The maximum Gasteiger partial charge on any atom is 0.313 e. The Labute approximate surface area is 214 Å². The summed E-state index contributed by atoms with van der Waals surface area (Å²) in [6.07, 6.45) is 7.16. The number of aryl methyl sites for hydroxylation is 1. The molecule has 0 radical (unpaired) electrons. The van der Waals surface area contributed by atoms with E-state index in [0.29, 0.717) is 29.6 Å². The number of fused-ring (bicyclic) bond motifs is 1. The molecule has 0 atom stereocenters. The zero-order valence-corrected chi connectivity index (χ0v) is 20.8. The minimum atomic E-state index is -0.675. The standard InChI is InChI=1S/C27H29N5O3S/c33-25(29-18-19-9-14-31(15-10-19)22-7-11-28-12-8-22)26(34)30-21-5-6-23-20(17-21)3-1-13-32(23)27(35)24-4-2-16-36-24/h2,4-8,11-12,16-17,19H,1,3,9-10,13-15,18H2,(H,29,33)(H,30,34). The van der Waals surface area contributed by atoms with E-state index in [1.807, 2.05) is 41.8 Å². The van der Waals surface area contributed by atoms with Crippen molar-refractivity contribution < 1.29 is 14.4 Å². The number of hydrogen-bond acceptors (Lipinski definition) is 6. The van der Waals surface area contributed by atoms with Crippen molar-refractivity contribution in [2.45, 2.75) is 25.7 Å². The predicted molar refractivity (Wildman–Crippen MR) is 142 cm³/mol. The second-order valence-electron chi connectivity index (χ2n) is 9.18. The van der Waals surface area contributed by atoms with Gasteiger partial charge in [-0.3, -0.25) is 19.4 Å². The van der Waals surface area contributed by atoms with Crippen LogP contribution in [0.3, 0.4) is 0 Å². The van der Waals surface area contributed by atoms with E-state index < -0.39 is 11.8 Å². The van der Waals surface area contributed by atoms with Crippen molar-refractivity contribution in [2.75, 3.05) is 41.3 Å². The van der Waals surface area contributed by atoms with E-state index in [9.17, 15) is 14.4 Å². The van der Waals surface area contributed by atoms with Gasteiger partial charge in [-0.2, -0.15) is 0 Å². The molecule has 0 bridgehead atoms. The summed E-state index contributed by atoms with van der Waals surface area (Å²) in [5.41, 5.74) is 3.58. The molecule has 9 heteroatoms. The summed E-state index contributed by atoms with van der Waals surface area (Å²) in [5.74, 6) is -0.963. The third kappa shape index (κ3) is 5.41. The van der Waals surface area contributed by atoms with Crippen LogP contribution in [0.2, 0.25) is 0 Å². The largest absolute Gasteiger partial charge is 0.371 e. The molecular weight excluding hydrogens is 474 g/mol. The minimum absolute atomic E-state index is 0.00581. The molecule has 5 rings (SSSR count). The number of carbonyl (C=O) groups is 3. The van der Waals surface area contributed by atoms with Gasteiger partial charge >= 0.3 is 11.8 Å². The zero-order chi connectivity index (χ0) is 24.9. The Hall–Kier alpha value is -3.72. The number of piperidine rings is 1. The van der Waals surface area contributed by atoms with E-state index in [-0.39, 0.29) is 5.91 Å². The summed E-state index contributed by atoms with van der Waals surface area (Å²) in [6.45, 7) is 2.98. The lowest BCUT2D eigenvalue weighted by molar-refractivity contribution is -0.136. The van der Waals surface area contributed by atoms with Crippen LogP contribution < -0.4 is 20.4 Å². The molecule has 0 saturated carbocycles. The van der Waals surface area contributed by atoms with Crippen molar-refractivity contribution in [2.24, 2.45) is 5.92 Å². The van der Waals surface area contributed by atoms with E-state index in [0.717, 1.165) is 55.7 Å². The third-order valence-corrected chi connectivity index (χ3v) is 7.69. The van der Waals surface area contributed by atoms with Crippen molar-refractivity contribution in [3.05, 3.63) is 70.7 Å². The van der Waals surface area contributed by atoms with Gasteiger partial charge in [0.05, 0.1) is 4.88 Å². The van der Waals surface area contributed by atoms with Gasteiger partial charge in [0, 0.05) is 55.6 Å². The molecule has 1 saturated heterocycles. The highest BCUT2D eigenvalue weighted by atomic mass is 32.1. The molecule has 8 nitrogen and oxygen atoms in total. The maximum atomic E-state index is 12.9. The van der Waals surface area contributed by atoms with Crippen LogP contribution in [-0.4, -0.2) is 48.9 Å². The monoisotopic (exact) mass is 503 g/mol. The number of nitrogens with zero attached hydrogens (tertiary/aromatic N) is 3. The molecule has 1 fully saturated rings. The van der Waals surface area contributed by atoms with Crippen LogP contribution in [0, 0.1) is 5.92 Å². The topological polar surface area (TPSA) is 94.6 Å². The number of benzene rings is 1. The molecule has 1 aromatic carbocycles. The van der Waals surface area contributed by atoms with E-state index in [1.54, 1.807) is 23.4 Å². The smallest absolute Gasteiger partial charge is 0.313 e. The van der Waals surface area contributed by atoms with Gasteiger partial charge in [-0.1, -0.05) is 6.07 Å². The number of nitrogens with one attached hydrogen (secondary N) is 2. The number of carbonyl (C=O) groups excluding carboxylic acids is 3. The van der Waals surface area contributed by atoms with Gasteiger partial charge in [0.15, 0.2) is 0 Å². The van der Waals surface area contributed by atoms with Crippen molar-refractivity contribution in [1.29, 1.82) is 0 Å². The molecular formula is C27H29N5O3S. The lowest BCUT2D eigenvalue weighted by Gasteiger charge is -2.33. The van der Waals surface area contributed by atoms with Crippen LogP contribution in [0.25, 0.3) is 0 Å². The first-order valence-corrected chi connectivity index (χ1v) is 13.2. The van der Waals surface area contributed by atoms with E-state index in [1.165, 1.54) is 11.3 Å². The fourth-order valence-electron chi connectivity index (χ4n) is 4.87. The molecule has 2 aliphatic heterocycles. The van der Waals surface area contributed by atoms with Crippen LogP contribution >= 0.6 is 11.3 Å². The number of rotatable bonds is 5. The van der Waals surface area contributed by atoms with Gasteiger partial charge in [-0.05, 0) is 78.9 Å². The molecule has 3 aromatic rings. The summed E-state index contributed by atoms with van der Waals surface area (Å²) in [6, 6.07) is 13.2. The Bertz CT molecular complexity index is 1220. The lowest BCUT2D eigenvalue weighted by atomic mass is 9.96. The lowest BCUT2D eigenvalue weighted by Crippen LogP contribution is -2.41. The second kappa shape index (κ2) is 10.9. The molecule has 186 valence electrons. The highest BCUT2D eigenvalue weighted by Crippen LogP contribution is 2.31. The third-order valence-electron chi connectivity index (χ3n) is 6.83. The Balaban J connectivity index is 1.12. The molecule has 4 heterocycles. The average Bonchev–Trinajstić information content (AvgIpc) is 3.47. The summed E-state index contributed by atoms with van der Waals surface area (Å²) < 4.78 is 0. The molecule has 0 spiro atoms. The zero-order valence-electron chi connectivity index (χ0n) is 20.0. The number of amides is 3. The number of thiophene rings is 1. The molecule has 3 amide bonds. The van der Waals surface area contributed by atoms with Gasteiger partial charge in [0.25, 0.3) is 5.91 Å². The fourth-order valence-corrected chi connectivity index (χ4v) is 5.55. The van der Waals surface area contributed by atoms with E-state index in [2.05, 4.69) is 20.5 Å². The highest BCUT2D eigenvalue weighted by Gasteiger charge is 2.25. The molecule has 2 aromatic heterocycles. The Kier molecular flexibility index (Phi) is 7.27. The Morgan fingerprint density at radius 3 is 2.56 bits per heavy atom. The van der Waals surface area contributed by atoms with E-state index in [4.69, 9.17) is 0 Å². The van der Waals surface area contributed by atoms with Crippen molar-refractivity contribution in [3.63, 3.8) is 0 Å². The first-order chi connectivity index (χ1) is 17.6. The average molecular weight is 504 g/mol. The summed E-state index contributed by atoms with van der Waals surface area (Å²) in [5, 5.41) is 7.41. The Morgan fingerprint density at radius 1 is 1.00 bits per heavy atom. The van der Waals surface area contributed by atoms with Crippen LogP contribution in [-0.2, 0) is 16.0 Å². The summed E-state index contributed by atoms with van der Waals surface area (Å²) in [4.78, 5) is 46.7. The Morgan fingerprint density at radius 2 is 1.81 bits per heavy atom. The van der Waals surface area contributed by atoms with Gasteiger partial charge in [0.2, 0.25) is 0 Å². The van der Waals surface area contributed by atoms with Crippen LogP contribution in [0.1, 0.15) is 34.5 Å². The van der Waals surface area contributed by atoms with Crippen LogP contribution in [0.4, 0.5) is 17.1 Å². The molecule has 2 N–H and O–H groups in total. The fraction of sp³-hybridized carbons (Fsp3) is 0.333. The first kappa shape index (κ1) is 24.0.